The molecule has 1 spiro atoms. The number of fused-ring (bicyclic) bond motifs is 3. The lowest BCUT2D eigenvalue weighted by Gasteiger charge is -2.43. The van der Waals surface area contributed by atoms with E-state index in [9.17, 15) is 14.3 Å². The number of hydrogen-bond acceptors (Lipinski definition) is 8. The minimum atomic E-state index is -1.16. The lowest BCUT2D eigenvalue weighted by atomic mass is 9.87. The molecule has 4 aliphatic rings. The van der Waals surface area contributed by atoms with Crippen LogP contribution in [0.15, 0.2) is 34.9 Å². The Labute approximate surface area is 247 Å². The molecule has 3 aliphatic heterocycles. The Morgan fingerprint density at radius 1 is 1.12 bits per heavy atom. The summed E-state index contributed by atoms with van der Waals surface area (Å²) < 4.78 is 34.3. The number of benzene rings is 2. The summed E-state index contributed by atoms with van der Waals surface area (Å²) in [7, 11) is 0. The van der Waals surface area contributed by atoms with Crippen molar-refractivity contribution in [3.8, 4) is 11.3 Å². The molecule has 2 aromatic carbocycles. The first-order valence-corrected chi connectivity index (χ1v) is 15.2. The Bertz CT molecular complexity index is 1690. The normalized spacial score (nSPS) is 27.4. The smallest absolute Gasteiger partial charge is 0.335 e. The summed E-state index contributed by atoms with van der Waals surface area (Å²) in [6, 6.07) is 8.15. The predicted octanol–water partition coefficient (Wildman–Crippen LogP) is 7.59. The van der Waals surface area contributed by atoms with E-state index in [0.717, 1.165) is 55.9 Å². The summed E-state index contributed by atoms with van der Waals surface area (Å²) >= 11 is 14.5. The van der Waals surface area contributed by atoms with E-state index >= 15 is 0 Å². The number of nitrogens with zero attached hydrogens (tertiary/aromatic N) is 3. The highest BCUT2D eigenvalue weighted by molar-refractivity contribution is 7.22. The maximum Gasteiger partial charge on any atom is 0.335 e. The summed E-state index contributed by atoms with van der Waals surface area (Å²) in [4.78, 5) is 18.3. The van der Waals surface area contributed by atoms with E-state index in [1.165, 1.54) is 17.4 Å². The van der Waals surface area contributed by atoms with Crippen LogP contribution in [0.4, 0.5) is 9.52 Å². The molecular weight excluding hydrogens is 592 g/mol. The van der Waals surface area contributed by atoms with E-state index in [0.29, 0.717) is 37.7 Å². The lowest BCUT2D eigenvalue weighted by molar-refractivity contribution is -0.104. The number of hydrogen-bond donors (Lipinski definition) is 1. The number of carboxylic acid groups (broad SMARTS) is 1. The van der Waals surface area contributed by atoms with E-state index in [1.807, 2.05) is 0 Å². The Morgan fingerprint density at radius 3 is 2.54 bits per heavy atom. The van der Waals surface area contributed by atoms with Gasteiger partial charge in [0.05, 0.1) is 38.1 Å². The van der Waals surface area contributed by atoms with Crippen LogP contribution in [-0.4, -0.2) is 45.5 Å². The second-order valence-electron chi connectivity index (χ2n) is 11.4. The zero-order valence-corrected chi connectivity index (χ0v) is 23.9. The van der Waals surface area contributed by atoms with Crippen molar-refractivity contribution in [3.05, 3.63) is 63.1 Å². The number of rotatable bonds is 5. The van der Waals surface area contributed by atoms with Gasteiger partial charge in [-0.05, 0) is 62.8 Å². The number of anilines is 1. The molecule has 8 rings (SSSR count). The standard InChI is InChI=1S/C29H24Cl2FN3O5S/c30-17-2-1-3-18(31)21(17)24-22(25(40-34-24)13-4-5-13)27-38-12-29(39-27)10-15-6-7-16(11-29)35(15)28-33-23-19(32)8-14(26(36)37)9-20(23)41-28/h1-3,8-9,13,15-16,27H,4-7,10-12H2,(H,36,37)/t15-,16+,27?,29?. The molecule has 212 valence electrons. The number of ether oxygens (including phenoxy) is 2. The van der Waals surface area contributed by atoms with Crippen molar-refractivity contribution in [2.45, 2.75) is 68.4 Å². The van der Waals surface area contributed by atoms with Crippen LogP contribution >= 0.6 is 34.5 Å². The Hall–Kier alpha value is -2.76. The topological polar surface area (TPSA) is 97.9 Å². The van der Waals surface area contributed by atoms with Crippen molar-refractivity contribution in [2.75, 3.05) is 11.5 Å². The highest BCUT2D eigenvalue weighted by Crippen LogP contribution is 2.54. The third kappa shape index (κ3) is 4.18. The van der Waals surface area contributed by atoms with Gasteiger partial charge in [-0.3, -0.25) is 0 Å². The molecule has 4 fully saturated rings. The first-order valence-electron chi connectivity index (χ1n) is 13.7. The highest BCUT2D eigenvalue weighted by atomic mass is 35.5. The molecule has 2 unspecified atom stereocenters. The van der Waals surface area contributed by atoms with Crippen molar-refractivity contribution in [3.63, 3.8) is 0 Å². The van der Waals surface area contributed by atoms with Gasteiger partial charge in [0, 0.05) is 23.6 Å². The Balaban J connectivity index is 1.09. The average molecular weight is 616 g/mol. The van der Waals surface area contributed by atoms with Gasteiger partial charge >= 0.3 is 5.97 Å². The lowest BCUT2D eigenvalue weighted by Crippen LogP contribution is -2.52. The number of carbonyl (C=O) groups is 1. The van der Waals surface area contributed by atoms with E-state index in [1.54, 1.807) is 18.2 Å². The van der Waals surface area contributed by atoms with E-state index in [-0.39, 0.29) is 29.1 Å². The third-order valence-corrected chi connectivity index (χ3v) is 10.4. The van der Waals surface area contributed by atoms with Gasteiger partial charge in [0.25, 0.3) is 0 Å². The van der Waals surface area contributed by atoms with Crippen molar-refractivity contribution < 1.29 is 28.3 Å². The maximum absolute atomic E-state index is 14.7. The molecule has 0 radical (unpaired) electrons. The molecular formula is C29H24Cl2FN3O5S. The molecule has 41 heavy (non-hydrogen) atoms. The zero-order valence-electron chi connectivity index (χ0n) is 21.6. The molecule has 0 amide bonds. The van der Waals surface area contributed by atoms with Crippen molar-refractivity contribution in [1.82, 2.24) is 10.1 Å². The highest BCUT2D eigenvalue weighted by Gasteiger charge is 2.55. The van der Waals surface area contributed by atoms with Crippen LogP contribution in [0.5, 0.6) is 0 Å². The van der Waals surface area contributed by atoms with Crippen LogP contribution in [-0.2, 0) is 9.47 Å². The van der Waals surface area contributed by atoms with Crippen molar-refractivity contribution in [2.24, 2.45) is 0 Å². The largest absolute Gasteiger partial charge is 0.478 e. The van der Waals surface area contributed by atoms with Gasteiger partial charge in [0.15, 0.2) is 17.2 Å². The molecule has 4 aromatic rings. The van der Waals surface area contributed by atoms with Gasteiger partial charge in [0.1, 0.15) is 17.0 Å². The van der Waals surface area contributed by atoms with E-state index in [2.05, 4.69) is 15.0 Å². The second kappa shape index (κ2) is 9.37. The number of thiazole rings is 1. The number of halogens is 3. The number of aromatic nitrogens is 2. The average Bonchev–Trinajstić information content (AvgIpc) is 3.23. The van der Waals surface area contributed by atoms with Crippen LogP contribution < -0.4 is 4.90 Å². The zero-order chi connectivity index (χ0) is 28.0. The molecule has 1 saturated carbocycles. The predicted molar refractivity (Wildman–Crippen MR) is 152 cm³/mol. The summed E-state index contributed by atoms with van der Waals surface area (Å²) in [5, 5.41) is 15.4. The molecule has 4 atom stereocenters. The SMILES string of the molecule is O=C(O)c1cc(F)c2nc(N3[C@@H]4CC[C@H]3CC3(COC(c5c(-c6c(Cl)cccc6Cl)noc5C5CC5)O3)C4)sc2c1. The Morgan fingerprint density at radius 2 is 1.85 bits per heavy atom. The van der Waals surface area contributed by atoms with Gasteiger partial charge < -0.3 is 24.0 Å². The minimum absolute atomic E-state index is 0.0786. The van der Waals surface area contributed by atoms with Crippen LogP contribution in [0.2, 0.25) is 10.0 Å². The summed E-state index contributed by atoms with van der Waals surface area (Å²) in [6.07, 6.45) is 4.75. The second-order valence-corrected chi connectivity index (χ2v) is 13.3. The van der Waals surface area contributed by atoms with Gasteiger partial charge in [-0.1, -0.05) is 45.8 Å². The van der Waals surface area contributed by atoms with Gasteiger partial charge in [-0.25, -0.2) is 14.2 Å². The molecule has 8 nitrogen and oxygen atoms in total. The summed E-state index contributed by atoms with van der Waals surface area (Å²) in [6.45, 7) is 0.430. The maximum atomic E-state index is 14.7. The van der Waals surface area contributed by atoms with Crippen LogP contribution in [0.25, 0.3) is 21.5 Å². The number of aromatic carboxylic acids is 1. The molecule has 12 heteroatoms. The molecule has 1 aliphatic carbocycles. The fourth-order valence-corrected chi connectivity index (χ4v) is 8.53. The van der Waals surface area contributed by atoms with Gasteiger partial charge in [-0.15, -0.1) is 0 Å². The Kier molecular flexibility index (Phi) is 5.92. The van der Waals surface area contributed by atoms with E-state index < -0.39 is 23.7 Å². The summed E-state index contributed by atoms with van der Waals surface area (Å²) in [5.41, 5.74) is 1.57. The summed E-state index contributed by atoms with van der Waals surface area (Å²) in [5.74, 6) is -0.731. The van der Waals surface area contributed by atoms with Crippen LogP contribution in [0.3, 0.4) is 0 Å². The first kappa shape index (κ1) is 25.9. The van der Waals surface area contributed by atoms with Crippen LogP contribution in [0.1, 0.15) is 72.4 Å². The van der Waals surface area contributed by atoms with Gasteiger partial charge in [0.2, 0.25) is 0 Å². The fourth-order valence-electron chi connectivity index (χ4n) is 6.79. The molecule has 2 bridgehead atoms. The van der Waals surface area contributed by atoms with E-state index in [4.69, 9.17) is 37.2 Å². The minimum Gasteiger partial charge on any atom is -0.478 e. The number of carboxylic acids is 1. The van der Waals surface area contributed by atoms with Gasteiger partial charge in [-0.2, -0.15) is 0 Å². The number of piperidine rings is 1. The quantitative estimate of drug-likeness (QED) is 0.245. The first-order chi connectivity index (χ1) is 19.8. The molecule has 3 saturated heterocycles. The molecule has 5 heterocycles. The molecule has 2 aromatic heterocycles. The van der Waals surface area contributed by atoms with Crippen LogP contribution in [0, 0.1) is 5.82 Å². The van der Waals surface area contributed by atoms with Crippen molar-refractivity contribution >= 4 is 55.9 Å². The third-order valence-electron chi connectivity index (χ3n) is 8.73. The van der Waals surface area contributed by atoms with Crippen molar-refractivity contribution in [1.29, 1.82) is 0 Å². The fraction of sp³-hybridized carbons (Fsp3) is 0.414. The monoisotopic (exact) mass is 615 g/mol. The molecule has 1 N–H and O–H groups in total.